The molecule has 2 aromatic carbocycles. The highest BCUT2D eigenvalue weighted by Crippen LogP contribution is 2.35. The van der Waals surface area contributed by atoms with Crippen molar-refractivity contribution in [3.05, 3.63) is 75.1 Å². The third kappa shape index (κ3) is 3.90. The number of amides is 1. The molecule has 0 unspecified atom stereocenters. The van der Waals surface area contributed by atoms with Crippen molar-refractivity contribution in [1.29, 1.82) is 0 Å². The van der Waals surface area contributed by atoms with Crippen molar-refractivity contribution in [2.45, 2.75) is 6.54 Å². The van der Waals surface area contributed by atoms with E-state index in [2.05, 4.69) is 10.4 Å². The van der Waals surface area contributed by atoms with E-state index in [0.717, 1.165) is 4.68 Å². The van der Waals surface area contributed by atoms with Gasteiger partial charge < -0.3 is 14.8 Å². The van der Waals surface area contributed by atoms with Gasteiger partial charge in [0.25, 0.3) is 11.2 Å². The molecule has 0 saturated carbocycles. The van der Waals surface area contributed by atoms with Crippen molar-refractivity contribution >= 4 is 17.3 Å². The Kier molecular flexibility index (Phi) is 4.65. The Balaban J connectivity index is 1.51. The van der Waals surface area contributed by atoms with Crippen molar-refractivity contribution < 1.29 is 19.2 Å². The number of carbonyl (C=O) groups is 1. The van der Waals surface area contributed by atoms with Crippen LogP contribution >= 0.6 is 0 Å². The summed E-state index contributed by atoms with van der Waals surface area (Å²) >= 11 is 0. The topological polar surface area (TPSA) is 126 Å². The number of anilines is 1. The van der Waals surface area contributed by atoms with Crippen LogP contribution in [-0.2, 0) is 11.3 Å². The molecule has 1 aliphatic rings. The maximum Gasteiger partial charge on any atom is 0.269 e. The Morgan fingerprint density at radius 1 is 1.10 bits per heavy atom. The molecule has 1 N–H and O–H groups in total. The Bertz CT molecular complexity index is 1160. The molecule has 0 saturated heterocycles. The fourth-order valence-electron chi connectivity index (χ4n) is 2.78. The first-order valence-electron chi connectivity index (χ1n) is 8.52. The molecule has 0 spiro atoms. The molecule has 0 fully saturated rings. The molecule has 0 atom stereocenters. The van der Waals surface area contributed by atoms with Crippen molar-refractivity contribution in [1.82, 2.24) is 9.78 Å². The van der Waals surface area contributed by atoms with Crippen LogP contribution in [-0.4, -0.2) is 27.4 Å². The van der Waals surface area contributed by atoms with Crippen LogP contribution in [0.5, 0.6) is 11.5 Å². The van der Waals surface area contributed by atoms with E-state index in [1.54, 1.807) is 24.3 Å². The monoisotopic (exact) mass is 394 g/mol. The summed E-state index contributed by atoms with van der Waals surface area (Å²) in [4.78, 5) is 34.5. The van der Waals surface area contributed by atoms with Gasteiger partial charge in [0.15, 0.2) is 11.5 Å². The lowest BCUT2D eigenvalue weighted by atomic mass is 10.1. The highest BCUT2D eigenvalue weighted by molar-refractivity contribution is 5.90. The van der Waals surface area contributed by atoms with Gasteiger partial charge in [0.05, 0.1) is 10.6 Å². The van der Waals surface area contributed by atoms with E-state index in [1.807, 2.05) is 0 Å². The summed E-state index contributed by atoms with van der Waals surface area (Å²) < 4.78 is 11.7. The number of non-ortho nitro benzene ring substituents is 1. The minimum absolute atomic E-state index is 0.0858. The van der Waals surface area contributed by atoms with E-state index >= 15 is 0 Å². The third-order valence-electron chi connectivity index (χ3n) is 4.19. The molecular weight excluding hydrogens is 380 g/mol. The molecule has 3 aromatic rings. The standard InChI is InChI=1S/C19H14N4O6/c24-18(20-13-2-4-14(5-3-13)23(26)27)10-22-19(25)8-6-15(21-22)12-1-7-16-17(9-12)29-11-28-16/h1-9H,10-11H2,(H,20,24). The van der Waals surface area contributed by atoms with E-state index in [0.29, 0.717) is 28.4 Å². The summed E-state index contributed by atoms with van der Waals surface area (Å²) in [5.74, 6) is 0.721. The minimum atomic E-state index is -0.531. The van der Waals surface area contributed by atoms with Crippen LogP contribution in [0.4, 0.5) is 11.4 Å². The number of nitro groups is 1. The largest absolute Gasteiger partial charge is 0.454 e. The molecule has 0 aliphatic carbocycles. The van der Waals surface area contributed by atoms with Crippen molar-refractivity contribution in [3.63, 3.8) is 0 Å². The lowest BCUT2D eigenvalue weighted by Gasteiger charge is -2.09. The average molecular weight is 394 g/mol. The zero-order valence-corrected chi connectivity index (χ0v) is 14.9. The van der Waals surface area contributed by atoms with Crippen molar-refractivity contribution in [2.75, 3.05) is 12.1 Å². The Hall–Kier alpha value is -4.21. The van der Waals surface area contributed by atoms with Gasteiger partial charge in [-0.3, -0.25) is 19.7 Å². The summed E-state index contributed by atoms with van der Waals surface area (Å²) in [6, 6.07) is 13.5. The van der Waals surface area contributed by atoms with Crippen LogP contribution in [0, 0.1) is 10.1 Å². The molecule has 1 aromatic heterocycles. The van der Waals surface area contributed by atoms with Gasteiger partial charge in [-0.25, -0.2) is 4.68 Å². The normalized spacial score (nSPS) is 11.9. The Morgan fingerprint density at radius 3 is 2.62 bits per heavy atom. The number of benzene rings is 2. The Labute approximate surface area is 163 Å². The number of hydrogen-bond donors (Lipinski definition) is 1. The van der Waals surface area contributed by atoms with E-state index < -0.39 is 16.4 Å². The van der Waals surface area contributed by atoms with Gasteiger partial charge in [0.2, 0.25) is 12.7 Å². The number of fused-ring (bicyclic) bond motifs is 1. The van der Waals surface area contributed by atoms with Gasteiger partial charge in [-0.2, -0.15) is 5.10 Å². The van der Waals surface area contributed by atoms with Crippen LogP contribution < -0.4 is 20.3 Å². The van der Waals surface area contributed by atoms with Crippen LogP contribution in [0.25, 0.3) is 11.3 Å². The highest BCUT2D eigenvalue weighted by Gasteiger charge is 2.15. The first kappa shape index (κ1) is 18.2. The van der Waals surface area contributed by atoms with Crippen LogP contribution in [0.3, 0.4) is 0 Å². The van der Waals surface area contributed by atoms with Gasteiger partial charge in [-0.1, -0.05) is 0 Å². The summed E-state index contributed by atoms with van der Waals surface area (Å²) in [7, 11) is 0. The van der Waals surface area contributed by atoms with Crippen LogP contribution in [0.1, 0.15) is 0 Å². The number of hydrogen-bond acceptors (Lipinski definition) is 7. The first-order valence-corrected chi connectivity index (χ1v) is 8.52. The van der Waals surface area contributed by atoms with Gasteiger partial charge in [0.1, 0.15) is 6.54 Å². The molecule has 10 nitrogen and oxygen atoms in total. The molecule has 29 heavy (non-hydrogen) atoms. The van der Waals surface area contributed by atoms with E-state index in [9.17, 15) is 19.7 Å². The molecule has 0 bridgehead atoms. The van der Waals surface area contributed by atoms with Gasteiger partial charge >= 0.3 is 0 Å². The fraction of sp³-hybridized carbons (Fsp3) is 0.105. The molecule has 1 amide bonds. The summed E-state index contributed by atoms with van der Waals surface area (Å²) in [6.07, 6.45) is 0. The summed E-state index contributed by atoms with van der Waals surface area (Å²) in [5.41, 5.74) is 1.05. The zero-order chi connectivity index (χ0) is 20.4. The molecule has 1 aliphatic heterocycles. The fourth-order valence-corrected chi connectivity index (χ4v) is 2.78. The van der Waals surface area contributed by atoms with E-state index in [1.165, 1.54) is 30.3 Å². The number of carbonyl (C=O) groups excluding carboxylic acids is 1. The van der Waals surface area contributed by atoms with Crippen molar-refractivity contribution in [3.8, 4) is 22.8 Å². The quantitative estimate of drug-likeness (QED) is 0.519. The minimum Gasteiger partial charge on any atom is -0.454 e. The summed E-state index contributed by atoms with van der Waals surface area (Å²) in [6.45, 7) is -0.164. The van der Waals surface area contributed by atoms with Gasteiger partial charge in [-0.05, 0) is 36.4 Å². The predicted octanol–water partition coefficient (Wildman–Crippen LogP) is 2.19. The van der Waals surface area contributed by atoms with Gasteiger partial charge in [-0.15, -0.1) is 0 Å². The number of ether oxygens (including phenoxy) is 2. The second-order valence-electron chi connectivity index (χ2n) is 6.13. The number of nitrogens with one attached hydrogen (secondary N) is 1. The average Bonchev–Trinajstić information content (AvgIpc) is 3.18. The van der Waals surface area contributed by atoms with Crippen molar-refractivity contribution in [2.24, 2.45) is 0 Å². The predicted molar refractivity (Wildman–Crippen MR) is 102 cm³/mol. The second kappa shape index (κ2) is 7.43. The maximum atomic E-state index is 12.3. The molecular formula is C19H14N4O6. The highest BCUT2D eigenvalue weighted by atomic mass is 16.7. The van der Waals surface area contributed by atoms with Gasteiger partial charge in [0, 0.05) is 29.4 Å². The van der Waals surface area contributed by atoms with Crippen LogP contribution in [0.2, 0.25) is 0 Å². The number of rotatable bonds is 5. The zero-order valence-electron chi connectivity index (χ0n) is 14.9. The number of nitro benzene ring substituents is 1. The molecule has 4 rings (SSSR count). The lowest BCUT2D eigenvalue weighted by Crippen LogP contribution is -2.29. The third-order valence-corrected chi connectivity index (χ3v) is 4.19. The molecule has 146 valence electrons. The summed E-state index contributed by atoms with van der Waals surface area (Å²) in [5, 5.41) is 17.5. The SMILES string of the molecule is O=C(Cn1nc(-c2ccc3c(c2)OCO3)ccc1=O)Nc1ccc([N+](=O)[O-])cc1. The smallest absolute Gasteiger partial charge is 0.269 e. The number of nitrogens with zero attached hydrogens (tertiary/aromatic N) is 3. The Morgan fingerprint density at radius 2 is 1.86 bits per heavy atom. The second-order valence-corrected chi connectivity index (χ2v) is 6.13. The first-order chi connectivity index (χ1) is 14.0. The molecule has 2 heterocycles. The van der Waals surface area contributed by atoms with E-state index in [4.69, 9.17) is 9.47 Å². The lowest BCUT2D eigenvalue weighted by molar-refractivity contribution is -0.384. The maximum absolute atomic E-state index is 12.3. The van der Waals surface area contributed by atoms with Crippen LogP contribution in [0.15, 0.2) is 59.4 Å². The number of aromatic nitrogens is 2. The molecule has 10 heteroatoms. The molecule has 0 radical (unpaired) electrons. The van der Waals surface area contributed by atoms with E-state index in [-0.39, 0.29) is 19.0 Å².